The molecule has 1 heterocycles. The highest BCUT2D eigenvalue weighted by molar-refractivity contribution is 7.89. The monoisotopic (exact) mass is 288 g/mol. The van der Waals surface area contributed by atoms with Gasteiger partial charge in [0.2, 0.25) is 10.0 Å². The first kappa shape index (κ1) is 14.8. The van der Waals surface area contributed by atoms with Crippen molar-refractivity contribution in [2.45, 2.75) is 6.92 Å². The molecular formula is C10H16N4O2S2. The van der Waals surface area contributed by atoms with Gasteiger partial charge in [0.05, 0.1) is 11.3 Å². The van der Waals surface area contributed by atoms with Crippen molar-refractivity contribution in [1.29, 1.82) is 0 Å². The second-order valence-electron chi connectivity index (χ2n) is 3.51. The number of nitrogens with zero attached hydrogens (tertiary/aromatic N) is 1. The first-order valence-electron chi connectivity index (χ1n) is 5.42. The molecule has 0 unspecified atom stereocenters. The van der Waals surface area contributed by atoms with Crippen molar-refractivity contribution >= 4 is 33.0 Å². The number of nitrogens with two attached hydrogens (primary N) is 1. The Morgan fingerprint density at radius 3 is 2.89 bits per heavy atom. The summed E-state index contributed by atoms with van der Waals surface area (Å²) in [6.07, 6.45) is 1.59. The predicted molar refractivity (Wildman–Crippen MR) is 76.1 cm³/mol. The SMILES string of the molecule is CCNS(=O)(=O)CCNc1ncccc1C(N)=S. The van der Waals surface area contributed by atoms with Crippen LogP contribution >= 0.6 is 12.2 Å². The molecule has 0 bridgehead atoms. The third-order valence-corrected chi connectivity index (χ3v) is 3.79. The van der Waals surface area contributed by atoms with Gasteiger partial charge in [-0.15, -0.1) is 0 Å². The first-order valence-corrected chi connectivity index (χ1v) is 7.48. The number of rotatable bonds is 7. The minimum absolute atomic E-state index is 0.0335. The molecule has 6 nitrogen and oxygen atoms in total. The van der Waals surface area contributed by atoms with Crippen LogP contribution in [-0.2, 0) is 10.0 Å². The molecule has 8 heteroatoms. The number of pyridine rings is 1. The molecule has 0 aromatic carbocycles. The fourth-order valence-electron chi connectivity index (χ4n) is 1.34. The Labute approximate surface area is 112 Å². The number of thiocarbonyl (C=S) groups is 1. The van der Waals surface area contributed by atoms with Gasteiger partial charge in [0, 0.05) is 19.3 Å². The van der Waals surface area contributed by atoms with Gasteiger partial charge in [-0.25, -0.2) is 18.1 Å². The van der Waals surface area contributed by atoms with Crippen molar-refractivity contribution < 1.29 is 8.42 Å². The molecule has 18 heavy (non-hydrogen) atoms. The molecule has 4 N–H and O–H groups in total. The van der Waals surface area contributed by atoms with Crippen molar-refractivity contribution in [3.05, 3.63) is 23.9 Å². The number of hydrogen-bond donors (Lipinski definition) is 3. The maximum absolute atomic E-state index is 11.4. The van der Waals surface area contributed by atoms with Gasteiger partial charge in [-0.2, -0.15) is 0 Å². The molecule has 0 fully saturated rings. The molecule has 0 aliphatic carbocycles. The van der Waals surface area contributed by atoms with Gasteiger partial charge in [0.15, 0.2) is 0 Å². The lowest BCUT2D eigenvalue weighted by Gasteiger charge is -2.10. The molecule has 0 atom stereocenters. The van der Waals surface area contributed by atoms with Gasteiger partial charge >= 0.3 is 0 Å². The number of hydrogen-bond acceptors (Lipinski definition) is 5. The van der Waals surface area contributed by atoms with Gasteiger partial charge in [0.1, 0.15) is 10.8 Å². The van der Waals surface area contributed by atoms with Crippen molar-refractivity contribution in [3.63, 3.8) is 0 Å². The van der Waals surface area contributed by atoms with Gasteiger partial charge in [-0.1, -0.05) is 19.1 Å². The molecule has 0 saturated heterocycles. The summed E-state index contributed by atoms with van der Waals surface area (Å²) < 4.78 is 25.2. The Hall–Kier alpha value is -1.25. The molecule has 0 amide bonds. The summed E-state index contributed by atoms with van der Waals surface area (Å²) in [6.45, 7) is 2.35. The van der Waals surface area contributed by atoms with Crippen LogP contribution in [0.5, 0.6) is 0 Å². The van der Waals surface area contributed by atoms with E-state index in [2.05, 4.69) is 15.0 Å². The van der Waals surface area contributed by atoms with Crippen molar-refractivity contribution in [2.24, 2.45) is 5.73 Å². The van der Waals surface area contributed by atoms with Crippen LogP contribution in [-0.4, -0.2) is 37.2 Å². The third-order valence-electron chi connectivity index (χ3n) is 2.10. The zero-order valence-electron chi connectivity index (χ0n) is 10.0. The smallest absolute Gasteiger partial charge is 0.213 e. The number of nitrogens with one attached hydrogen (secondary N) is 2. The van der Waals surface area contributed by atoms with Crippen LogP contribution in [0.25, 0.3) is 0 Å². The van der Waals surface area contributed by atoms with Crippen LogP contribution in [0.4, 0.5) is 5.82 Å². The molecule has 0 spiro atoms. The first-order chi connectivity index (χ1) is 8.46. The van der Waals surface area contributed by atoms with Gasteiger partial charge in [-0.05, 0) is 12.1 Å². The van der Waals surface area contributed by atoms with Crippen molar-refractivity contribution in [3.8, 4) is 0 Å². The molecule has 1 aromatic heterocycles. The van der Waals surface area contributed by atoms with Crippen LogP contribution < -0.4 is 15.8 Å². The van der Waals surface area contributed by atoms with Crippen LogP contribution in [0, 0.1) is 0 Å². The zero-order chi connectivity index (χ0) is 13.6. The maximum atomic E-state index is 11.4. The summed E-state index contributed by atoms with van der Waals surface area (Å²) in [5, 5.41) is 2.91. The highest BCUT2D eigenvalue weighted by Crippen LogP contribution is 2.10. The lowest BCUT2D eigenvalue weighted by Crippen LogP contribution is -2.29. The summed E-state index contributed by atoms with van der Waals surface area (Å²) in [4.78, 5) is 4.29. The summed E-state index contributed by atoms with van der Waals surface area (Å²) in [5.74, 6) is 0.463. The van der Waals surface area contributed by atoms with E-state index in [-0.39, 0.29) is 17.3 Å². The average Bonchev–Trinajstić information content (AvgIpc) is 2.29. The maximum Gasteiger partial charge on any atom is 0.213 e. The van der Waals surface area contributed by atoms with Gasteiger partial charge in [0.25, 0.3) is 0 Å². The Balaban J connectivity index is 2.62. The molecule has 1 rings (SSSR count). The standard InChI is InChI=1S/C10H16N4O2S2/c1-2-14-18(15,16)7-6-13-10-8(9(11)17)4-3-5-12-10/h3-5,14H,2,6-7H2,1H3,(H2,11,17)(H,12,13). The summed E-state index contributed by atoms with van der Waals surface area (Å²) >= 11 is 4.88. The topological polar surface area (TPSA) is 97.1 Å². The Kier molecular flexibility index (Phi) is 5.45. The Bertz CT molecular complexity index is 516. The van der Waals surface area contributed by atoms with E-state index in [9.17, 15) is 8.42 Å². The largest absolute Gasteiger partial charge is 0.389 e. The van der Waals surface area contributed by atoms with Crippen molar-refractivity contribution in [1.82, 2.24) is 9.71 Å². The van der Waals surface area contributed by atoms with Crippen LogP contribution in [0.15, 0.2) is 18.3 Å². The van der Waals surface area contributed by atoms with E-state index in [0.29, 0.717) is 17.9 Å². The molecule has 1 aromatic rings. The fraction of sp³-hybridized carbons (Fsp3) is 0.400. The molecule has 100 valence electrons. The van der Waals surface area contributed by atoms with Crippen LogP contribution in [0.2, 0.25) is 0 Å². The zero-order valence-corrected chi connectivity index (χ0v) is 11.6. The van der Waals surface area contributed by atoms with E-state index in [0.717, 1.165) is 0 Å². The minimum Gasteiger partial charge on any atom is -0.389 e. The van der Waals surface area contributed by atoms with E-state index in [4.69, 9.17) is 18.0 Å². The third kappa shape index (κ3) is 4.55. The molecule has 0 aliphatic heterocycles. The molecule has 0 radical (unpaired) electrons. The second kappa shape index (κ2) is 6.62. The average molecular weight is 288 g/mol. The summed E-state index contributed by atoms with van der Waals surface area (Å²) in [6, 6.07) is 3.45. The van der Waals surface area contributed by atoms with E-state index >= 15 is 0 Å². The van der Waals surface area contributed by atoms with E-state index < -0.39 is 10.0 Å². The normalized spacial score (nSPS) is 11.2. The second-order valence-corrected chi connectivity index (χ2v) is 5.87. The number of anilines is 1. The van der Waals surface area contributed by atoms with E-state index in [1.54, 1.807) is 25.3 Å². The number of aromatic nitrogens is 1. The van der Waals surface area contributed by atoms with Crippen molar-refractivity contribution in [2.75, 3.05) is 24.2 Å². The summed E-state index contributed by atoms with van der Waals surface area (Å²) in [7, 11) is -3.24. The summed E-state index contributed by atoms with van der Waals surface area (Å²) in [5.41, 5.74) is 6.15. The van der Waals surface area contributed by atoms with Gasteiger partial charge in [-0.3, -0.25) is 0 Å². The predicted octanol–water partition coefficient (Wildman–Crippen LogP) is 0.0670. The quantitative estimate of drug-likeness (QED) is 0.614. The lowest BCUT2D eigenvalue weighted by atomic mass is 10.2. The number of sulfonamides is 1. The minimum atomic E-state index is -3.24. The van der Waals surface area contributed by atoms with Crippen LogP contribution in [0.1, 0.15) is 12.5 Å². The van der Waals surface area contributed by atoms with E-state index in [1.165, 1.54) is 0 Å². The highest BCUT2D eigenvalue weighted by atomic mass is 32.2. The lowest BCUT2D eigenvalue weighted by molar-refractivity contribution is 0.584. The molecular weight excluding hydrogens is 272 g/mol. The molecule has 0 aliphatic rings. The Morgan fingerprint density at radius 1 is 1.56 bits per heavy atom. The Morgan fingerprint density at radius 2 is 2.28 bits per heavy atom. The molecule has 0 saturated carbocycles. The van der Waals surface area contributed by atoms with E-state index in [1.807, 2.05) is 0 Å². The fourth-order valence-corrected chi connectivity index (χ4v) is 2.46. The highest BCUT2D eigenvalue weighted by Gasteiger charge is 2.09. The van der Waals surface area contributed by atoms with Gasteiger partial charge < -0.3 is 11.1 Å². The van der Waals surface area contributed by atoms with Crippen LogP contribution in [0.3, 0.4) is 0 Å².